The minimum Gasteiger partial charge on any atom is -0.454 e. The van der Waals surface area contributed by atoms with Crippen LogP contribution in [0.3, 0.4) is 0 Å². The zero-order valence-corrected chi connectivity index (χ0v) is 14.0. The number of aromatic nitrogens is 2. The minimum absolute atomic E-state index is 0.00543. The van der Waals surface area contributed by atoms with E-state index in [1.165, 1.54) is 12.1 Å². The molecular formula is C17H12N4O6. The van der Waals surface area contributed by atoms with Crippen molar-refractivity contribution in [1.29, 1.82) is 0 Å². The summed E-state index contributed by atoms with van der Waals surface area (Å²) >= 11 is 0. The zero-order valence-electron chi connectivity index (χ0n) is 14.0. The van der Waals surface area contributed by atoms with Crippen LogP contribution < -0.4 is 14.4 Å². The lowest BCUT2D eigenvalue weighted by molar-refractivity contribution is -0.806. The fraction of sp³-hybridized carbons (Fsp3) is 0.118. The van der Waals surface area contributed by atoms with Gasteiger partial charge in [-0.1, -0.05) is 0 Å². The first-order valence-corrected chi connectivity index (χ1v) is 7.82. The van der Waals surface area contributed by atoms with Crippen molar-refractivity contribution >= 4 is 17.6 Å². The van der Waals surface area contributed by atoms with Gasteiger partial charge in [0.15, 0.2) is 11.5 Å². The molecule has 2 heterocycles. The average molecular weight is 368 g/mol. The summed E-state index contributed by atoms with van der Waals surface area (Å²) in [6.45, 7) is 1.66. The third kappa shape index (κ3) is 3.03. The number of nitro groups is 1. The number of rotatable bonds is 4. The van der Waals surface area contributed by atoms with Crippen molar-refractivity contribution in [2.45, 2.75) is 6.92 Å². The molecular weight excluding hydrogens is 356 g/mol. The summed E-state index contributed by atoms with van der Waals surface area (Å²) < 4.78 is 15.4. The summed E-state index contributed by atoms with van der Waals surface area (Å²) in [5, 5.41) is 26.1. The molecule has 1 aliphatic rings. The Hall–Kier alpha value is -3.95. The van der Waals surface area contributed by atoms with Crippen molar-refractivity contribution in [2.24, 2.45) is 4.99 Å². The third-order valence-corrected chi connectivity index (χ3v) is 4.03. The van der Waals surface area contributed by atoms with Gasteiger partial charge in [-0.05, 0) is 28.7 Å². The van der Waals surface area contributed by atoms with Crippen LogP contribution in [-0.4, -0.2) is 23.1 Å². The van der Waals surface area contributed by atoms with Crippen LogP contribution in [0.4, 0.5) is 11.4 Å². The number of nitro benzene ring substituents is 1. The SMILES string of the molecule is Cc1c(-c2cc3c(cc2N=Cc2ccc([N+](=O)[O-])cc2)OCO3)no[n+]1[O-]. The smallest absolute Gasteiger partial charge is 0.269 e. The molecule has 0 amide bonds. The third-order valence-electron chi connectivity index (χ3n) is 4.03. The maximum Gasteiger partial charge on any atom is 0.269 e. The van der Waals surface area contributed by atoms with Crippen LogP contribution in [0.15, 0.2) is 46.0 Å². The normalized spacial score (nSPS) is 12.6. The van der Waals surface area contributed by atoms with Crippen LogP contribution >= 0.6 is 0 Å². The summed E-state index contributed by atoms with van der Waals surface area (Å²) in [6, 6.07) is 9.30. The highest BCUT2D eigenvalue weighted by atomic mass is 16.8. The maximum atomic E-state index is 11.6. The Morgan fingerprint density at radius 3 is 2.56 bits per heavy atom. The van der Waals surface area contributed by atoms with E-state index in [1.54, 1.807) is 37.4 Å². The molecule has 0 fully saturated rings. The van der Waals surface area contributed by atoms with Gasteiger partial charge in [-0.15, -0.1) is 0 Å². The molecule has 1 aromatic heterocycles. The molecule has 1 aliphatic heterocycles. The molecule has 0 aliphatic carbocycles. The van der Waals surface area contributed by atoms with Gasteiger partial charge in [0.1, 0.15) is 0 Å². The standard InChI is InChI=1S/C17H12N4O6/c1-10-17(19-27-21(10)24)13-6-15-16(26-9-25-15)7-14(13)18-8-11-2-4-12(5-3-11)20(22)23/h2-8H,9H2,1H3. The molecule has 4 rings (SSSR count). The Balaban J connectivity index is 1.75. The Kier molecular flexibility index (Phi) is 3.92. The van der Waals surface area contributed by atoms with Gasteiger partial charge in [0, 0.05) is 36.5 Å². The second-order valence-corrected chi connectivity index (χ2v) is 5.69. The first kappa shape index (κ1) is 16.5. The average Bonchev–Trinajstić information content (AvgIpc) is 3.26. The van der Waals surface area contributed by atoms with Gasteiger partial charge in [-0.3, -0.25) is 19.7 Å². The van der Waals surface area contributed by atoms with E-state index < -0.39 is 4.92 Å². The van der Waals surface area contributed by atoms with Gasteiger partial charge in [-0.2, -0.15) is 0 Å². The fourth-order valence-corrected chi connectivity index (χ4v) is 2.59. The van der Waals surface area contributed by atoms with Crippen molar-refractivity contribution in [1.82, 2.24) is 5.16 Å². The van der Waals surface area contributed by atoms with Gasteiger partial charge in [0.05, 0.1) is 16.2 Å². The predicted octanol–water partition coefficient (Wildman–Crippen LogP) is 2.67. The Bertz CT molecular complexity index is 1060. The second kappa shape index (κ2) is 6.41. The van der Waals surface area contributed by atoms with Crippen LogP contribution in [0.5, 0.6) is 11.5 Å². The summed E-state index contributed by atoms with van der Waals surface area (Å²) in [5.41, 5.74) is 2.29. The van der Waals surface area contributed by atoms with E-state index in [0.29, 0.717) is 38.9 Å². The zero-order chi connectivity index (χ0) is 19.0. The summed E-state index contributed by atoms with van der Waals surface area (Å²) in [4.78, 5) is 15.0. The first-order valence-electron chi connectivity index (χ1n) is 7.82. The van der Waals surface area contributed by atoms with Gasteiger partial charge in [0.25, 0.3) is 11.4 Å². The largest absolute Gasteiger partial charge is 0.454 e. The Labute approximate surface area is 152 Å². The van der Waals surface area contributed by atoms with Crippen LogP contribution in [0.1, 0.15) is 11.3 Å². The Morgan fingerprint density at radius 1 is 1.22 bits per heavy atom. The number of hydrogen-bond acceptors (Lipinski definition) is 8. The molecule has 136 valence electrons. The molecule has 0 saturated carbocycles. The van der Waals surface area contributed by atoms with Crippen LogP contribution in [-0.2, 0) is 0 Å². The number of nitrogens with zero attached hydrogens (tertiary/aromatic N) is 4. The molecule has 0 spiro atoms. The molecule has 0 saturated heterocycles. The molecule has 0 N–H and O–H groups in total. The highest BCUT2D eigenvalue weighted by Crippen LogP contribution is 2.42. The van der Waals surface area contributed by atoms with Gasteiger partial charge in [0.2, 0.25) is 12.5 Å². The fourth-order valence-electron chi connectivity index (χ4n) is 2.59. The molecule has 0 unspecified atom stereocenters. The van der Waals surface area contributed by atoms with E-state index >= 15 is 0 Å². The molecule has 0 radical (unpaired) electrons. The predicted molar refractivity (Wildman–Crippen MR) is 92.1 cm³/mol. The quantitative estimate of drug-likeness (QED) is 0.300. The molecule has 3 aromatic rings. The highest BCUT2D eigenvalue weighted by molar-refractivity contribution is 5.86. The van der Waals surface area contributed by atoms with E-state index in [1.807, 2.05) is 0 Å². The van der Waals surface area contributed by atoms with E-state index in [2.05, 4.69) is 14.8 Å². The molecule has 10 heteroatoms. The maximum absolute atomic E-state index is 11.6. The lowest BCUT2D eigenvalue weighted by Crippen LogP contribution is -2.25. The number of aliphatic imine (C=N–C) groups is 1. The van der Waals surface area contributed by atoms with Crippen molar-refractivity contribution in [2.75, 3.05) is 6.79 Å². The number of ether oxygens (including phenoxy) is 2. The monoisotopic (exact) mass is 368 g/mol. The van der Waals surface area contributed by atoms with Gasteiger partial charge in [-0.25, -0.2) is 0 Å². The highest BCUT2D eigenvalue weighted by Gasteiger charge is 2.24. The molecule has 2 aromatic carbocycles. The topological polar surface area (TPSA) is 127 Å². The van der Waals surface area contributed by atoms with Crippen molar-refractivity contribution in [3.63, 3.8) is 0 Å². The summed E-state index contributed by atoms with van der Waals surface area (Å²) in [7, 11) is 0. The summed E-state index contributed by atoms with van der Waals surface area (Å²) in [6.07, 6.45) is 1.55. The number of non-ortho nitro benzene ring substituents is 1. The van der Waals surface area contributed by atoms with Crippen molar-refractivity contribution in [3.8, 4) is 22.8 Å². The van der Waals surface area contributed by atoms with Crippen molar-refractivity contribution < 1.29 is 23.9 Å². The van der Waals surface area contributed by atoms with E-state index in [4.69, 9.17) is 9.47 Å². The van der Waals surface area contributed by atoms with E-state index in [9.17, 15) is 15.3 Å². The molecule has 0 atom stereocenters. The van der Waals surface area contributed by atoms with Gasteiger partial charge < -0.3 is 14.7 Å². The molecule has 0 bridgehead atoms. The van der Waals surface area contributed by atoms with E-state index in [-0.39, 0.29) is 18.2 Å². The first-order chi connectivity index (χ1) is 13.0. The summed E-state index contributed by atoms with van der Waals surface area (Å²) in [5.74, 6) is 1.03. The van der Waals surface area contributed by atoms with Gasteiger partial charge >= 0.3 is 0 Å². The number of benzene rings is 2. The lowest BCUT2D eigenvalue weighted by Gasteiger charge is -2.04. The molecule has 10 nitrogen and oxygen atoms in total. The lowest BCUT2D eigenvalue weighted by atomic mass is 10.1. The van der Waals surface area contributed by atoms with Crippen LogP contribution in [0.2, 0.25) is 0 Å². The van der Waals surface area contributed by atoms with Crippen LogP contribution in [0, 0.1) is 22.2 Å². The van der Waals surface area contributed by atoms with Crippen molar-refractivity contribution in [3.05, 3.63) is 63.0 Å². The minimum atomic E-state index is -0.470. The second-order valence-electron chi connectivity index (χ2n) is 5.69. The van der Waals surface area contributed by atoms with E-state index in [0.717, 1.165) is 0 Å². The van der Waals surface area contributed by atoms with Crippen LogP contribution in [0.25, 0.3) is 11.3 Å². The number of fused-ring (bicyclic) bond motifs is 1. The number of hydrogen-bond donors (Lipinski definition) is 0. The molecule has 27 heavy (non-hydrogen) atoms. The Morgan fingerprint density at radius 2 is 1.93 bits per heavy atom.